The first kappa shape index (κ1) is 17.0. The van der Waals surface area contributed by atoms with E-state index in [0.29, 0.717) is 31.6 Å². The van der Waals surface area contributed by atoms with Crippen molar-refractivity contribution in [2.75, 3.05) is 12.3 Å². The maximum absolute atomic E-state index is 12.6. The van der Waals surface area contributed by atoms with Gasteiger partial charge in [0.05, 0.1) is 17.5 Å². The molecule has 0 aromatic carbocycles. The number of nitrogens with two attached hydrogens (primary N) is 1. The van der Waals surface area contributed by atoms with Crippen molar-refractivity contribution < 1.29 is 14.4 Å². The molecule has 0 saturated carbocycles. The second-order valence-electron chi connectivity index (χ2n) is 6.44. The molecule has 24 heavy (non-hydrogen) atoms. The van der Waals surface area contributed by atoms with Crippen LogP contribution in [0.5, 0.6) is 0 Å². The third-order valence-electron chi connectivity index (χ3n) is 4.85. The van der Waals surface area contributed by atoms with Gasteiger partial charge in [0.2, 0.25) is 17.7 Å². The number of fused-ring (bicyclic) bond motifs is 1. The van der Waals surface area contributed by atoms with E-state index in [1.54, 1.807) is 16.7 Å². The van der Waals surface area contributed by atoms with Gasteiger partial charge in [0, 0.05) is 18.2 Å². The van der Waals surface area contributed by atoms with Gasteiger partial charge in [-0.3, -0.25) is 14.4 Å². The van der Waals surface area contributed by atoms with Gasteiger partial charge in [0.15, 0.2) is 0 Å². The summed E-state index contributed by atoms with van der Waals surface area (Å²) in [4.78, 5) is 38.1. The molecule has 9 heteroatoms. The minimum atomic E-state index is -0.732. The van der Waals surface area contributed by atoms with Crippen LogP contribution in [-0.2, 0) is 14.4 Å². The number of thioether (sulfide) groups is 1. The molecule has 3 fully saturated rings. The van der Waals surface area contributed by atoms with Crippen molar-refractivity contribution >= 4 is 29.5 Å². The van der Waals surface area contributed by atoms with Gasteiger partial charge in [-0.2, -0.15) is 5.26 Å². The molecule has 0 radical (unpaired) electrons. The Balaban J connectivity index is 1.62. The molecule has 3 aliphatic rings. The van der Waals surface area contributed by atoms with Crippen molar-refractivity contribution in [3.63, 3.8) is 0 Å². The van der Waals surface area contributed by atoms with Crippen molar-refractivity contribution in [3.05, 3.63) is 0 Å². The molecule has 5 atom stereocenters. The highest BCUT2D eigenvalue weighted by Gasteiger charge is 2.46. The van der Waals surface area contributed by atoms with E-state index in [2.05, 4.69) is 10.6 Å². The summed E-state index contributed by atoms with van der Waals surface area (Å²) in [6.45, 7) is 0.608. The normalized spacial score (nSPS) is 33.6. The van der Waals surface area contributed by atoms with Crippen molar-refractivity contribution in [2.45, 2.75) is 49.2 Å². The fraction of sp³-hybridized carbons (Fsp3) is 0.733. The summed E-state index contributed by atoms with van der Waals surface area (Å²) in [6.07, 6.45) is 2.39. The van der Waals surface area contributed by atoms with E-state index in [1.165, 1.54) is 0 Å². The fourth-order valence-electron chi connectivity index (χ4n) is 3.49. The Hall–Kier alpha value is -1.79. The van der Waals surface area contributed by atoms with E-state index in [-0.39, 0.29) is 29.0 Å². The van der Waals surface area contributed by atoms with Crippen molar-refractivity contribution in [3.8, 4) is 6.07 Å². The lowest BCUT2D eigenvalue weighted by molar-refractivity contribution is -0.143. The number of piperidine rings is 1. The minimum absolute atomic E-state index is 0.00537. The summed E-state index contributed by atoms with van der Waals surface area (Å²) >= 11 is 1.58. The summed E-state index contributed by atoms with van der Waals surface area (Å²) in [5, 5.41) is 14.7. The number of carbonyl (C=O) groups is 3. The van der Waals surface area contributed by atoms with Crippen LogP contribution in [0.3, 0.4) is 0 Å². The highest BCUT2D eigenvalue weighted by Crippen LogP contribution is 2.36. The quantitative estimate of drug-likeness (QED) is 0.590. The molecule has 3 amide bonds. The Labute approximate surface area is 144 Å². The fourth-order valence-corrected chi connectivity index (χ4v) is 4.92. The zero-order valence-electron chi connectivity index (χ0n) is 13.2. The number of nitrogens with one attached hydrogen (secondary N) is 2. The first-order chi connectivity index (χ1) is 11.5. The molecule has 0 aromatic heterocycles. The highest BCUT2D eigenvalue weighted by molar-refractivity contribution is 8.00. The average Bonchev–Trinajstić information content (AvgIpc) is 3.17. The Morgan fingerprint density at radius 1 is 1.46 bits per heavy atom. The topological polar surface area (TPSA) is 128 Å². The van der Waals surface area contributed by atoms with Crippen molar-refractivity contribution in [1.29, 1.82) is 5.26 Å². The zero-order valence-corrected chi connectivity index (χ0v) is 14.1. The molecular formula is C15H21N5O3S. The predicted octanol–water partition coefficient (Wildman–Crippen LogP) is -1.09. The molecule has 0 unspecified atom stereocenters. The van der Waals surface area contributed by atoms with E-state index in [4.69, 9.17) is 5.73 Å². The molecule has 8 nitrogen and oxygen atoms in total. The molecule has 3 heterocycles. The summed E-state index contributed by atoms with van der Waals surface area (Å²) < 4.78 is 0. The predicted molar refractivity (Wildman–Crippen MR) is 87.4 cm³/mol. The van der Waals surface area contributed by atoms with E-state index < -0.39 is 18.1 Å². The number of rotatable bonds is 4. The number of nitrogens with zero attached hydrogens (tertiary/aromatic N) is 2. The number of carbonyl (C=O) groups excluding carboxylic acids is 3. The Morgan fingerprint density at radius 3 is 2.92 bits per heavy atom. The maximum atomic E-state index is 12.6. The Bertz CT molecular complexity index is 592. The van der Waals surface area contributed by atoms with Crippen LogP contribution in [0.25, 0.3) is 0 Å². The van der Waals surface area contributed by atoms with Gasteiger partial charge in [-0.15, -0.1) is 11.8 Å². The number of hydrogen-bond acceptors (Lipinski definition) is 6. The van der Waals surface area contributed by atoms with Crippen LogP contribution in [-0.4, -0.2) is 58.4 Å². The molecule has 3 saturated heterocycles. The van der Waals surface area contributed by atoms with Gasteiger partial charge in [0.25, 0.3) is 0 Å². The summed E-state index contributed by atoms with van der Waals surface area (Å²) in [7, 11) is 0. The van der Waals surface area contributed by atoms with Crippen molar-refractivity contribution in [2.24, 2.45) is 11.7 Å². The van der Waals surface area contributed by atoms with Crippen LogP contribution in [0.15, 0.2) is 0 Å². The van der Waals surface area contributed by atoms with Crippen LogP contribution in [0.1, 0.15) is 25.7 Å². The Morgan fingerprint density at radius 2 is 2.25 bits per heavy atom. The molecule has 0 spiro atoms. The van der Waals surface area contributed by atoms with Crippen LogP contribution in [0.2, 0.25) is 0 Å². The van der Waals surface area contributed by atoms with Crippen LogP contribution < -0.4 is 16.4 Å². The van der Waals surface area contributed by atoms with Crippen LogP contribution >= 0.6 is 11.8 Å². The molecule has 0 aromatic rings. The monoisotopic (exact) mass is 351 g/mol. The largest absolute Gasteiger partial charge is 0.356 e. The second kappa shape index (κ2) is 6.99. The lowest BCUT2D eigenvalue weighted by Crippen LogP contribution is -2.58. The number of amides is 3. The number of nitriles is 1. The number of hydrogen-bond donors (Lipinski definition) is 3. The molecular weight excluding hydrogens is 330 g/mol. The summed E-state index contributed by atoms with van der Waals surface area (Å²) in [6, 6.07) is 0.174. The Kier molecular flexibility index (Phi) is 4.96. The molecule has 3 rings (SSSR count). The molecule has 4 N–H and O–H groups in total. The second-order valence-corrected chi connectivity index (χ2v) is 7.65. The van der Waals surface area contributed by atoms with E-state index in [0.717, 1.165) is 6.42 Å². The minimum Gasteiger partial charge on any atom is -0.356 e. The van der Waals surface area contributed by atoms with Gasteiger partial charge >= 0.3 is 0 Å². The van der Waals surface area contributed by atoms with Gasteiger partial charge < -0.3 is 21.3 Å². The SMILES string of the molecule is N#C[C@H](C[C@@H]1CCNC1=O)NC(=O)[C@@H]1CS[C@H]2CC[C@H](N)C(=O)N21. The third-order valence-corrected chi connectivity index (χ3v) is 6.20. The summed E-state index contributed by atoms with van der Waals surface area (Å²) in [5.74, 6) is -0.335. The van der Waals surface area contributed by atoms with E-state index in [9.17, 15) is 19.6 Å². The summed E-state index contributed by atoms with van der Waals surface area (Å²) in [5.41, 5.74) is 5.82. The first-order valence-electron chi connectivity index (χ1n) is 8.18. The molecule has 3 aliphatic heterocycles. The van der Waals surface area contributed by atoms with Gasteiger partial charge in [-0.1, -0.05) is 0 Å². The van der Waals surface area contributed by atoms with Crippen LogP contribution in [0.4, 0.5) is 0 Å². The molecule has 0 aliphatic carbocycles. The molecule has 0 bridgehead atoms. The van der Waals surface area contributed by atoms with Crippen molar-refractivity contribution in [1.82, 2.24) is 15.5 Å². The average molecular weight is 351 g/mol. The lowest BCUT2D eigenvalue weighted by atomic mass is 9.98. The van der Waals surface area contributed by atoms with E-state index in [1.807, 2.05) is 6.07 Å². The van der Waals surface area contributed by atoms with Crippen LogP contribution in [0, 0.1) is 17.2 Å². The van der Waals surface area contributed by atoms with Gasteiger partial charge in [0.1, 0.15) is 12.1 Å². The van der Waals surface area contributed by atoms with Gasteiger partial charge in [-0.25, -0.2) is 0 Å². The maximum Gasteiger partial charge on any atom is 0.244 e. The smallest absolute Gasteiger partial charge is 0.244 e. The third kappa shape index (κ3) is 3.21. The van der Waals surface area contributed by atoms with E-state index >= 15 is 0 Å². The standard InChI is InChI=1S/C15H21N5O3S/c16-6-9(5-8-3-4-18-13(8)21)19-14(22)11-7-24-12-2-1-10(17)15(23)20(11)12/h8-12H,1-5,7,17H2,(H,18,21)(H,19,22)/t8-,9-,10-,11-,12-/m0/s1. The zero-order chi connectivity index (χ0) is 17.3. The van der Waals surface area contributed by atoms with Gasteiger partial charge in [-0.05, 0) is 25.7 Å². The molecule has 130 valence electrons. The first-order valence-corrected chi connectivity index (χ1v) is 9.23. The highest BCUT2D eigenvalue weighted by atomic mass is 32.2. The lowest BCUT2D eigenvalue weighted by Gasteiger charge is -2.35.